The van der Waals surface area contributed by atoms with Gasteiger partial charge in [0, 0.05) is 34.9 Å². The average molecular weight is 439 g/mol. The Labute approximate surface area is 189 Å². The lowest BCUT2D eigenvalue weighted by atomic mass is 9.87. The topological polar surface area (TPSA) is 102 Å². The number of ether oxygens (including phenoxy) is 1. The maximum Gasteiger partial charge on any atom is 0.252 e. The van der Waals surface area contributed by atoms with E-state index < -0.39 is 5.92 Å². The summed E-state index contributed by atoms with van der Waals surface area (Å²) in [7, 11) is 0. The highest BCUT2D eigenvalue weighted by Crippen LogP contribution is 2.45. The minimum atomic E-state index is -0.552. The van der Waals surface area contributed by atoms with Gasteiger partial charge in [0.2, 0.25) is 11.9 Å². The van der Waals surface area contributed by atoms with Crippen molar-refractivity contribution in [3.05, 3.63) is 93.5 Å². The van der Waals surface area contributed by atoms with Crippen LogP contribution in [0.3, 0.4) is 0 Å². The fourth-order valence-electron chi connectivity index (χ4n) is 4.28. The van der Waals surface area contributed by atoms with Gasteiger partial charge in [-0.3, -0.25) is 14.6 Å². The summed E-state index contributed by atoms with van der Waals surface area (Å²) in [6, 6.07) is 18.4. The number of H-pyrrole nitrogens is 1. The number of rotatable bonds is 4. The van der Waals surface area contributed by atoms with Gasteiger partial charge in [-0.15, -0.1) is 0 Å². The van der Waals surface area contributed by atoms with Gasteiger partial charge in [0.1, 0.15) is 17.3 Å². The van der Waals surface area contributed by atoms with E-state index in [4.69, 9.17) is 4.74 Å². The first-order chi connectivity index (χ1) is 16.1. The summed E-state index contributed by atoms with van der Waals surface area (Å²) >= 11 is 0. The molecule has 33 heavy (non-hydrogen) atoms. The molecule has 2 aromatic carbocycles. The van der Waals surface area contributed by atoms with Crippen molar-refractivity contribution < 1.29 is 9.53 Å². The van der Waals surface area contributed by atoms with Crippen LogP contribution in [-0.2, 0) is 4.79 Å². The van der Waals surface area contributed by atoms with Crippen molar-refractivity contribution in [1.29, 1.82) is 0 Å². The van der Waals surface area contributed by atoms with Crippen molar-refractivity contribution in [2.45, 2.75) is 31.6 Å². The number of benzene rings is 2. The molecule has 6 rings (SSSR count). The SMILES string of the molecule is Cc1cc(=O)[nH]c(-n2nc(C3CC3)cc2NC(=O)C2c3ccccc3Oc3ccccc32)n1. The van der Waals surface area contributed by atoms with Crippen LogP contribution in [0.4, 0.5) is 5.82 Å². The van der Waals surface area contributed by atoms with Gasteiger partial charge in [0.15, 0.2) is 0 Å². The maximum atomic E-state index is 13.7. The number of fused-ring (bicyclic) bond motifs is 2. The molecule has 1 saturated carbocycles. The highest BCUT2D eigenvalue weighted by molar-refractivity contribution is 5.99. The number of hydrogen-bond acceptors (Lipinski definition) is 5. The first-order valence-electron chi connectivity index (χ1n) is 10.9. The highest BCUT2D eigenvalue weighted by Gasteiger charge is 2.34. The normalized spacial score (nSPS) is 14.8. The van der Waals surface area contributed by atoms with Gasteiger partial charge in [-0.2, -0.15) is 9.78 Å². The minimum Gasteiger partial charge on any atom is -0.457 e. The summed E-state index contributed by atoms with van der Waals surface area (Å²) < 4.78 is 7.53. The number of carbonyl (C=O) groups is 1. The van der Waals surface area contributed by atoms with E-state index in [1.54, 1.807) is 6.92 Å². The molecule has 0 atom stereocenters. The number of carbonyl (C=O) groups excluding carboxylic acids is 1. The average Bonchev–Trinajstić information content (AvgIpc) is 3.57. The van der Waals surface area contributed by atoms with E-state index >= 15 is 0 Å². The standard InChI is InChI=1S/C25H21N5O3/c1-14-12-22(31)28-25(26-14)30-21(13-18(29-30)15-10-11-15)27-24(32)23-16-6-2-4-8-19(16)33-20-9-5-3-7-17(20)23/h2-9,12-13,15,23H,10-11H2,1H3,(H,27,32)(H,26,28,31). The van der Waals surface area contributed by atoms with Gasteiger partial charge in [-0.1, -0.05) is 36.4 Å². The number of para-hydroxylation sites is 2. The first kappa shape index (κ1) is 19.5. The smallest absolute Gasteiger partial charge is 0.252 e. The summed E-state index contributed by atoms with van der Waals surface area (Å²) in [5.41, 5.74) is 2.77. The molecule has 1 aliphatic heterocycles. The van der Waals surface area contributed by atoms with Gasteiger partial charge in [-0.05, 0) is 31.9 Å². The van der Waals surface area contributed by atoms with E-state index in [2.05, 4.69) is 20.4 Å². The third-order valence-corrected chi connectivity index (χ3v) is 5.98. The zero-order valence-electron chi connectivity index (χ0n) is 17.9. The van der Waals surface area contributed by atoms with Crippen LogP contribution in [0.15, 0.2) is 65.5 Å². The second-order valence-corrected chi connectivity index (χ2v) is 8.45. The van der Waals surface area contributed by atoms with E-state index in [1.807, 2.05) is 54.6 Å². The fraction of sp³-hybridized carbons (Fsp3) is 0.200. The Balaban J connectivity index is 1.42. The zero-order valence-corrected chi connectivity index (χ0v) is 17.9. The van der Waals surface area contributed by atoms with Crippen LogP contribution in [-0.4, -0.2) is 25.7 Å². The van der Waals surface area contributed by atoms with E-state index in [1.165, 1.54) is 10.7 Å². The summed E-state index contributed by atoms with van der Waals surface area (Å²) in [4.78, 5) is 32.9. The molecule has 0 bridgehead atoms. The molecule has 3 heterocycles. The molecule has 164 valence electrons. The van der Waals surface area contributed by atoms with Gasteiger partial charge >= 0.3 is 0 Å². The van der Waals surface area contributed by atoms with Gasteiger partial charge in [0.25, 0.3) is 5.56 Å². The molecule has 4 aromatic rings. The van der Waals surface area contributed by atoms with Crippen molar-refractivity contribution in [3.63, 3.8) is 0 Å². The second kappa shape index (κ2) is 7.44. The maximum absolute atomic E-state index is 13.7. The third-order valence-electron chi connectivity index (χ3n) is 5.98. The number of nitrogens with one attached hydrogen (secondary N) is 2. The Morgan fingerprint density at radius 1 is 1.06 bits per heavy atom. The van der Waals surface area contributed by atoms with Crippen LogP contribution in [0, 0.1) is 6.92 Å². The molecule has 1 aliphatic carbocycles. The highest BCUT2D eigenvalue weighted by atomic mass is 16.5. The van der Waals surface area contributed by atoms with E-state index in [-0.39, 0.29) is 17.4 Å². The lowest BCUT2D eigenvalue weighted by Crippen LogP contribution is -2.26. The molecule has 1 fully saturated rings. The largest absolute Gasteiger partial charge is 0.457 e. The van der Waals surface area contributed by atoms with Crippen LogP contribution in [0.5, 0.6) is 11.5 Å². The Hall–Kier alpha value is -4.20. The van der Waals surface area contributed by atoms with Gasteiger partial charge in [0.05, 0.1) is 11.6 Å². The van der Waals surface area contributed by atoms with E-state index in [0.717, 1.165) is 29.7 Å². The molecule has 1 amide bonds. The fourth-order valence-corrected chi connectivity index (χ4v) is 4.28. The van der Waals surface area contributed by atoms with Crippen molar-refractivity contribution in [2.75, 3.05) is 5.32 Å². The minimum absolute atomic E-state index is 0.211. The number of aromatic amines is 1. The quantitative estimate of drug-likeness (QED) is 0.500. The molecule has 0 radical (unpaired) electrons. The van der Waals surface area contributed by atoms with Crippen LogP contribution in [0.1, 0.15) is 47.2 Å². The lowest BCUT2D eigenvalue weighted by Gasteiger charge is -2.27. The van der Waals surface area contributed by atoms with Crippen LogP contribution < -0.4 is 15.6 Å². The van der Waals surface area contributed by atoms with Gasteiger partial charge in [-0.25, -0.2) is 4.98 Å². The van der Waals surface area contributed by atoms with Crippen LogP contribution >= 0.6 is 0 Å². The van der Waals surface area contributed by atoms with Crippen molar-refractivity contribution in [3.8, 4) is 17.4 Å². The number of anilines is 1. The number of hydrogen-bond donors (Lipinski definition) is 2. The molecule has 2 N–H and O–H groups in total. The monoisotopic (exact) mass is 439 g/mol. The van der Waals surface area contributed by atoms with Gasteiger partial charge < -0.3 is 10.1 Å². The Morgan fingerprint density at radius 3 is 2.36 bits per heavy atom. The Morgan fingerprint density at radius 2 is 1.73 bits per heavy atom. The van der Waals surface area contributed by atoms with E-state index in [0.29, 0.717) is 28.9 Å². The molecular formula is C25H21N5O3. The molecule has 8 heteroatoms. The van der Waals surface area contributed by atoms with Crippen molar-refractivity contribution in [1.82, 2.24) is 19.7 Å². The Bertz CT molecular complexity index is 1400. The molecule has 2 aliphatic rings. The second-order valence-electron chi connectivity index (χ2n) is 8.45. The Kier molecular flexibility index (Phi) is 4.39. The summed E-state index contributed by atoms with van der Waals surface area (Å²) in [6.45, 7) is 1.75. The van der Waals surface area contributed by atoms with Crippen molar-refractivity contribution >= 4 is 11.7 Å². The zero-order chi connectivity index (χ0) is 22.5. The number of aryl methyl sites for hydroxylation is 1. The first-order valence-corrected chi connectivity index (χ1v) is 10.9. The predicted octanol–water partition coefficient (Wildman–Crippen LogP) is 4.02. The summed E-state index contributed by atoms with van der Waals surface area (Å²) in [5, 5.41) is 7.70. The molecule has 2 aromatic heterocycles. The number of aromatic nitrogens is 4. The summed E-state index contributed by atoms with van der Waals surface area (Å²) in [6.07, 6.45) is 2.12. The number of amides is 1. The number of nitrogens with zero attached hydrogens (tertiary/aromatic N) is 3. The third kappa shape index (κ3) is 3.49. The van der Waals surface area contributed by atoms with Crippen LogP contribution in [0.2, 0.25) is 0 Å². The molecule has 0 unspecified atom stereocenters. The molecule has 0 spiro atoms. The molecular weight excluding hydrogens is 418 g/mol. The lowest BCUT2D eigenvalue weighted by molar-refractivity contribution is -0.116. The predicted molar refractivity (Wildman–Crippen MR) is 122 cm³/mol. The van der Waals surface area contributed by atoms with E-state index in [9.17, 15) is 9.59 Å². The molecule has 0 saturated heterocycles. The van der Waals surface area contributed by atoms with Crippen molar-refractivity contribution in [2.24, 2.45) is 0 Å². The molecule has 8 nitrogen and oxygen atoms in total. The van der Waals surface area contributed by atoms with Crippen LogP contribution in [0.25, 0.3) is 5.95 Å². The summed E-state index contributed by atoms with van der Waals surface area (Å²) in [5.74, 6) is 1.66.